The molecule has 0 fully saturated rings. The summed E-state index contributed by atoms with van der Waals surface area (Å²) in [5, 5.41) is 10.9. The molecular weight excluding hydrogens is 362 g/mol. The zero-order chi connectivity index (χ0) is 17.8. The predicted molar refractivity (Wildman–Crippen MR) is 76.8 cm³/mol. The number of carboxylic acids is 1. The van der Waals surface area contributed by atoms with Gasteiger partial charge >= 0.3 is 12.1 Å². The van der Waals surface area contributed by atoms with E-state index in [1.54, 1.807) is 5.32 Å². The summed E-state index contributed by atoms with van der Waals surface area (Å²) in [6, 6.07) is 2.07. The number of hydrogen-bond donors (Lipinski definition) is 2. The Morgan fingerprint density at radius 1 is 1.35 bits per heavy atom. The van der Waals surface area contributed by atoms with Crippen molar-refractivity contribution in [1.29, 1.82) is 0 Å². The monoisotopic (exact) mass is 373 g/mol. The van der Waals surface area contributed by atoms with Gasteiger partial charge in [0, 0.05) is 5.02 Å². The van der Waals surface area contributed by atoms with Crippen LogP contribution in [0.15, 0.2) is 18.2 Å². The van der Waals surface area contributed by atoms with E-state index >= 15 is 0 Å². The van der Waals surface area contributed by atoms with Gasteiger partial charge in [0.05, 0.1) is 11.4 Å². The van der Waals surface area contributed by atoms with Crippen LogP contribution in [0.1, 0.15) is 13.3 Å². The lowest BCUT2D eigenvalue weighted by atomic mass is 10.2. The van der Waals surface area contributed by atoms with Crippen LogP contribution in [0.3, 0.4) is 0 Å². The fraction of sp³-hybridized carbons (Fsp3) is 0.385. The first-order valence-corrected chi connectivity index (χ1v) is 6.97. The summed E-state index contributed by atoms with van der Waals surface area (Å²) < 4.78 is 42.0. The second kappa shape index (κ2) is 7.74. The Labute approximate surface area is 139 Å². The van der Waals surface area contributed by atoms with Gasteiger partial charge in [0.25, 0.3) is 5.91 Å². The van der Waals surface area contributed by atoms with Gasteiger partial charge in [-0.2, -0.15) is 13.2 Å². The molecule has 0 aliphatic carbocycles. The number of benzene rings is 1. The lowest BCUT2D eigenvalue weighted by molar-refractivity contribution is -0.160. The lowest BCUT2D eigenvalue weighted by Crippen LogP contribution is -2.48. The summed E-state index contributed by atoms with van der Waals surface area (Å²) in [5.74, 6) is -2.73. The first kappa shape index (κ1) is 19.4. The average Bonchev–Trinajstić information content (AvgIpc) is 2.39. The van der Waals surface area contributed by atoms with E-state index in [2.05, 4.69) is 0 Å². The Bertz CT molecular complexity index is 595. The molecule has 0 spiro atoms. The fourth-order valence-electron chi connectivity index (χ4n) is 1.54. The maximum absolute atomic E-state index is 12.3. The van der Waals surface area contributed by atoms with Crippen molar-refractivity contribution in [2.75, 3.05) is 0 Å². The van der Waals surface area contributed by atoms with Crippen LogP contribution < -0.4 is 10.1 Å². The van der Waals surface area contributed by atoms with E-state index in [4.69, 9.17) is 33.0 Å². The van der Waals surface area contributed by atoms with Gasteiger partial charge in [-0.25, -0.2) is 4.79 Å². The number of rotatable bonds is 6. The number of carbonyl (C=O) groups excluding carboxylic acids is 1. The molecule has 0 aromatic heterocycles. The highest BCUT2D eigenvalue weighted by Crippen LogP contribution is 2.28. The zero-order valence-corrected chi connectivity index (χ0v) is 13.2. The number of nitrogens with one attached hydrogen (secondary N) is 1. The third-order valence-corrected chi connectivity index (χ3v) is 3.15. The number of halogens is 5. The van der Waals surface area contributed by atoms with Crippen LogP contribution >= 0.6 is 23.2 Å². The summed E-state index contributed by atoms with van der Waals surface area (Å²) in [7, 11) is 0. The summed E-state index contributed by atoms with van der Waals surface area (Å²) in [6.45, 7) is 1.24. The molecule has 1 aromatic rings. The smallest absolute Gasteiger partial charge is 0.391 e. The number of hydrogen-bond acceptors (Lipinski definition) is 3. The number of ether oxygens (including phenoxy) is 1. The van der Waals surface area contributed by atoms with Gasteiger partial charge in [-0.1, -0.05) is 23.2 Å². The molecule has 2 unspecified atom stereocenters. The van der Waals surface area contributed by atoms with E-state index in [1.165, 1.54) is 25.1 Å². The van der Waals surface area contributed by atoms with Gasteiger partial charge in [-0.05, 0) is 25.1 Å². The van der Waals surface area contributed by atoms with Crippen molar-refractivity contribution in [3.05, 3.63) is 28.2 Å². The summed E-state index contributed by atoms with van der Waals surface area (Å²) >= 11 is 11.5. The minimum Gasteiger partial charge on any atom is -0.480 e. The van der Waals surface area contributed by atoms with Crippen LogP contribution in [0.4, 0.5) is 13.2 Å². The highest BCUT2D eigenvalue weighted by Gasteiger charge is 2.37. The molecule has 23 heavy (non-hydrogen) atoms. The summed E-state index contributed by atoms with van der Waals surface area (Å²) in [5.41, 5.74) is 0. The summed E-state index contributed by atoms with van der Waals surface area (Å²) in [4.78, 5) is 22.6. The topological polar surface area (TPSA) is 75.6 Å². The Kier molecular flexibility index (Phi) is 6.52. The predicted octanol–water partition coefficient (Wildman–Crippen LogP) is 3.28. The molecule has 2 atom stereocenters. The molecule has 5 nitrogen and oxygen atoms in total. The number of carboxylic acid groups (broad SMARTS) is 1. The molecule has 0 heterocycles. The molecule has 0 saturated carbocycles. The first-order chi connectivity index (χ1) is 10.5. The number of aliphatic carboxylic acids is 1. The van der Waals surface area contributed by atoms with E-state index in [0.29, 0.717) is 5.02 Å². The quantitative estimate of drug-likeness (QED) is 0.802. The third-order valence-electron chi connectivity index (χ3n) is 2.62. The fourth-order valence-corrected chi connectivity index (χ4v) is 1.99. The lowest BCUT2D eigenvalue weighted by Gasteiger charge is -2.20. The number of carbonyl (C=O) groups is 2. The van der Waals surface area contributed by atoms with E-state index < -0.39 is 36.6 Å². The van der Waals surface area contributed by atoms with Gasteiger partial charge in [0.2, 0.25) is 0 Å². The van der Waals surface area contributed by atoms with Crippen molar-refractivity contribution >= 4 is 35.1 Å². The Hall–Kier alpha value is -1.67. The molecule has 1 aromatic carbocycles. The third kappa shape index (κ3) is 6.54. The van der Waals surface area contributed by atoms with Crippen LogP contribution in [0.2, 0.25) is 10.0 Å². The molecule has 0 radical (unpaired) electrons. The Balaban J connectivity index is 2.73. The molecule has 128 valence electrons. The molecule has 1 rings (SSSR count). The molecule has 2 N–H and O–H groups in total. The first-order valence-electron chi connectivity index (χ1n) is 6.21. The number of amides is 1. The number of alkyl halides is 3. The van der Waals surface area contributed by atoms with Crippen molar-refractivity contribution in [3.8, 4) is 5.75 Å². The molecule has 10 heteroatoms. The minimum absolute atomic E-state index is 0.0846. The molecule has 1 amide bonds. The van der Waals surface area contributed by atoms with Crippen molar-refractivity contribution in [3.63, 3.8) is 0 Å². The van der Waals surface area contributed by atoms with E-state index in [-0.39, 0.29) is 10.8 Å². The largest absolute Gasteiger partial charge is 0.480 e. The standard InChI is InChI=1S/C13H12Cl2F3NO4/c1-6(23-10-3-2-7(14)4-8(10)15)11(20)19-9(12(21)22)5-13(16,17)18/h2-4,6,9H,5H2,1H3,(H,19,20)(H,21,22). The minimum atomic E-state index is -4.74. The van der Waals surface area contributed by atoms with E-state index in [9.17, 15) is 22.8 Å². The van der Waals surface area contributed by atoms with Crippen molar-refractivity contribution in [2.24, 2.45) is 0 Å². The SMILES string of the molecule is CC(Oc1ccc(Cl)cc1Cl)C(=O)NC(CC(F)(F)F)C(=O)O. The second-order valence-corrected chi connectivity index (χ2v) is 5.40. The van der Waals surface area contributed by atoms with Gasteiger partial charge in [-0.3, -0.25) is 4.79 Å². The van der Waals surface area contributed by atoms with Crippen molar-refractivity contribution < 1.29 is 32.6 Å². The van der Waals surface area contributed by atoms with Crippen LogP contribution in [0.5, 0.6) is 5.75 Å². The molecule has 0 saturated heterocycles. The maximum Gasteiger partial charge on any atom is 0.391 e. The highest BCUT2D eigenvalue weighted by molar-refractivity contribution is 6.35. The molecule has 0 aliphatic heterocycles. The van der Waals surface area contributed by atoms with Gasteiger partial charge in [0.1, 0.15) is 11.8 Å². The highest BCUT2D eigenvalue weighted by atomic mass is 35.5. The van der Waals surface area contributed by atoms with E-state index in [0.717, 1.165) is 0 Å². The van der Waals surface area contributed by atoms with Crippen molar-refractivity contribution in [2.45, 2.75) is 31.7 Å². The van der Waals surface area contributed by atoms with Gasteiger partial charge in [0.15, 0.2) is 6.10 Å². The molecular formula is C13H12Cl2F3NO4. The van der Waals surface area contributed by atoms with Crippen LogP contribution in [0, 0.1) is 0 Å². The van der Waals surface area contributed by atoms with Gasteiger partial charge in [-0.15, -0.1) is 0 Å². The van der Waals surface area contributed by atoms with Crippen LogP contribution in [-0.4, -0.2) is 35.3 Å². The average molecular weight is 374 g/mol. The van der Waals surface area contributed by atoms with Crippen molar-refractivity contribution in [1.82, 2.24) is 5.32 Å². The van der Waals surface area contributed by atoms with Gasteiger partial charge < -0.3 is 15.2 Å². The maximum atomic E-state index is 12.3. The Morgan fingerprint density at radius 2 is 1.96 bits per heavy atom. The zero-order valence-electron chi connectivity index (χ0n) is 11.7. The van der Waals surface area contributed by atoms with Crippen LogP contribution in [0.25, 0.3) is 0 Å². The molecule has 0 bridgehead atoms. The van der Waals surface area contributed by atoms with E-state index in [1.807, 2.05) is 0 Å². The second-order valence-electron chi connectivity index (χ2n) is 4.55. The van der Waals surface area contributed by atoms with Crippen LogP contribution in [-0.2, 0) is 9.59 Å². The summed E-state index contributed by atoms with van der Waals surface area (Å²) in [6.07, 6.45) is -7.69. The Morgan fingerprint density at radius 3 is 2.43 bits per heavy atom. The normalized spacial score (nSPS) is 14.0. The molecule has 0 aliphatic rings.